The predicted octanol–water partition coefficient (Wildman–Crippen LogP) is 1.80. The smallest absolute Gasteiger partial charge is 0.289 e. The van der Waals surface area contributed by atoms with Crippen LogP contribution in [0.1, 0.15) is 13.8 Å². The fourth-order valence-electron chi connectivity index (χ4n) is 1.69. The van der Waals surface area contributed by atoms with Gasteiger partial charge >= 0.3 is 0 Å². The number of hydrogen-bond donors (Lipinski definition) is 1. The minimum atomic E-state index is -0.0741. The second-order valence-corrected chi connectivity index (χ2v) is 4.93. The topological polar surface area (TPSA) is 89.9 Å². The van der Waals surface area contributed by atoms with E-state index in [9.17, 15) is 4.79 Å². The Kier molecular flexibility index (Phi) is 4.57. The summed E-state index contributed by atoms with van der Waals surface area (Å²) < 4.78 is 1.50. The van der Waals surface area contributed by atoms with E-state index >= 15 is 0 Å². The minimum Gasteiger partial charge on any atom is -0.399 e. The number of amides is 1. The molecular formula is C12H16N6OS. The van der Waals surface area contributed by atoms with Gasteiger partial charge in [-0.05, 0) is 42.5 Å². The maximum atomic E-state index is 12.1. The lowest BCUT2D eigenvalue weighted by Gasteiger charge is -2.17. The molecule has 0 saturated heterocycles. The number of tetrazole rings is 1. The summed E-state index contributed by atoms with van der Waals surface area (Å²) in [5.74, 6) is 0. The molecule has 1 aromatic carbocycles. The van der Waals surface area contributed by atoms with Gasteiger partial charge in [0.1, 0.15) is 0 Å². The number of carbonyl (C=O) groups excluding carboxylic acids is 1. The largest absolute Gasteiger partial charge is 0.399 e. The van der Waals surface area contributed by atoms with E-state index in [2.05, 4.69) is 15.5 Å². The molecule has 0 spiro atoms. The molecule has 2 N–H and O–H groups in total. The van der Waals surface area contributed by atoms with Crippen LogP contribution >= 0.6 is 11.8 Å². The Labute approximate surface area is 121 Å². The summed E-state index contributed by atoms with van der Waals surface area (Å²) in [4.78, 5) is 13.8. The number of benzene rings is 1. The van der Waals surface area contributed by atoms with Gasteiger partial charge in [-0.3, -0.25) is 4.79 Å². The van der Waals surface area contributed by atoms with Crippen molar-refractivity contribution in [1.29, 1.82) is 0 Å². The van der Waals surface area contributed by atoms with E-state index in [4.69, 9.17) is 5.73 Å². The molecule has 0 bridgehead atoms. The molecule has 0 aliphatic heterocycles. The van der Waals surface area contributed by atoms with Crippen molar-refractivity contribution in [1.82, 2.24) is 25.1 Å². The zero-order chi connectivity index (χ0) is 14.5. The summed E-state index contributed by atoms with van der Waals surface area (Å²) >= 11 is 1.01. The summed E-state index contributed by atoms with van der Waals surface area (Å²) in [5, 5.41) is 11.8. The maximum Gasteiger partial charge on any atom is 0.289 e. The first-order valence-corrected chi connectivity index (χ1v) is 7.08. The highest BCUT2D eigenvalue weighted by atomic mass is 32.2. The van der Waals surface area contributed by atoms with Crippen molar-refractivity contribution < 1.29 is 4.79 Å². The molecule has 0 atom stereocenters. The number of nitrogens with two attached hydrogens (primary N) is 1. The highest BCUT2D eigenvalue weighted by molar-refractivity contribution is 8.13. The molecule has 2 aromatic rings. The van der Waals surface area contributed by atoms with Gasteiger partial charge in [0.15, 0.2) is 0 Å². The molecule has 0 radical (unpaired) electrons. The van der Waals surface area contributed by atoms with Crippen LogP contribution < -0.4 is 5.73 Å². The lowest BCUT2D eigenvalue weighted by molar-refractivity contribution is 0.228. The van der Waals surface area contributed by atoms with E-state index < -0.39 is 0 Å². The van der Waals surface area contributed by atoms with Crippen LogP contribution in [0.25, 0.3) is 5.69 Å². The van der Waals surface area contributed by atoms with Crippen LogP contribution in [0.2, 0.25) is 0 Å². The molecule has 2 rings (SSSR count). The van der Waals surface area contributed by atoms with Crippen molar-refractivity contribution >= 4 is 22.7 Å². The van der Waals surface area contributed by atoms with Crippen LogP contribution in [0.15, 0.2) is 29.4 Å². The minimum absolute atomic E-state index is 0.0741. The van der Waals surface area contributed by atoms with Crippen molar-refractivity contribution in [2.45, 2.75) is 19.0 Å². The lowest BCUT2D eigenvalue weighted by atomic mass is 10.3. The lowest BCUT2D eigenvalue weighted by Crippen LogP contribution is -2.27. The van der Waals surface area contributed by atoms with Gasteiger partial charge in [-0.1, -0.05) is 6.07 Å². The third kappa shape index (κ3) is 3.08. The first-order chi connectivity index (χ1) is 9.65. The zero-order valence-corrected chi connectivity index (χ0v) is 12.2. The molecule has 0 unspecified atom stereocenters. The van der Waals surface area contributed by atoms with Crippen molar-refractivity contribution in [3.05, 3.63) is 24.3 Å². The van der Waals surface area contributed by atoms with Crippen molar-refractivity contribution in [3.8, 4) is 5.69 Å². The number of carbonyl (C=O) groups is 1. The second-order valence-electron chi connectivity index (χ2n) is 4.01. The van der Waals surface area contributed by atoms with Crippen molar-refractivity contribution in [3.63, 3.8) is 0 Å². The van der Waals surface area contributed by atoms with Crippen molar-refractivity contribution in [2.75, 3.05) is 18.8 Å². The summed E-state index contributed by atoms with van der Waals surface area (Å²) in [7, 11) is 0. The number of nitrogen functional groups attached to an aromatic ring is 1. The van der Waals surface area contributed by atoms with E-state index in [0.717, 1.165) is 17.4 Å². The average Bonchev–Trinajstić information content (AvgIpc) is 2.88. The molecule has 1 aromatic heterocycles. The Hall–Kier alpha value is -2.09. The van der Waals surface area contributed by atoms with Crippen LogP contribution in [0, 0.1) is 0 Å². The quantitative estimate of drug-likeness (QED) is 0.682. The highest BCUT2D eigenvalue weighted by Gasteiger charge is 2.17. The van der Waals surface area contributed by atoms with E-state index in [-0.39, 0.29) is 5.24 Å². The van der Waals surface area contributed by atoms with Crippen molar-refractivity contribution in [2.24, 2.45) is 0 Å². The van der Waals surface area contributed by atoms with Gasteiger partial charge < -0.3 is 10.6 Å². The van der Waals surface area contributed by atoms with Gasteiger partial charge in [0, 0.05) is 30.5 Å². The van der Waals surface area contributed by atoms with E-state index in [1.54, 1.807) is 17.0 Å². The molecule has 20 heavy (non-hydrogen) atoms. The Bertz CT molecular complexity index is 595. The Morgan fingerprint density at radius 1 is 1.40 bits per heavy atom. The molecule has 1 heterocycles. The van der Waals surface area contributed by atoms with Gasteiger partial charge in [-0.15, -0.1) is 5.10 Å². The number of nitrogens with zero attached hydrogens (tertiary/aromatic N) is 5. The third-order valence-corrected chi connectivity index (χ3v) is 3.63. The number of rotatable bonds is 4. The number of thioether (sulfide) groups is 1. The maximum absolute atomic E-state index is 12.1. The monoisotopic (exact) mass is 292 g/mol. The summed E-state index contributed by atoms with van der Waals surface area (Å²) in [6, 6.07) is 7.18. The molecule has 7 nitrogen and oxygen atoms in total. The van der Waals surface area contributed by atoms with E-state index in [1.165, 1.54) is 4.68 Å². The van der Waals surface area contributed by atoms with E-state index in [1.807, 2.05) is 26.0 Å². The molecule has 8 heteroatoms. The van der Waals surface area contributed by atoms with Crippen LogP contribution in [0.3, 0.4) is 0 Å². The van der Waals surface area contributed by atoms with Crippen LogP contribution in [-0.4, -0.2) is 43.4 Å². The fourth-order valence-corrected chi connectivity index (χ4v) is 2.53. The molecule has 0 aliphatic carbocycles. The summed E-state index contributed by atoms with van der Waals surface area (Å²) in [5.41, 5.74) is 7.08. The molecule has 0 fully saturated rings. The Morgan fingerprint density at radius 3 is 2.80 bits per heavy atom. The standard InChI is InChI=1S/C12H16N6OS/c1-3-17(4-2)12(19)20-11-14-15-16-18(11)10-7-5-6-9(13)8-10/h5-8H,3-4,13H2,1-2H3. The van der Waals surface area contributed by atoms with Crippen LogP contribution in [-0.2, 0) is 0 Å². The first-order valence-electron chi connectivity index (χ1n) is 6.26. The van der Waals surface area contributed by atoms with Crippen LogP contribution in [0.5, 0.6) is 0 Å². The Morgan fingerprint density at radius 2 is 2.15 bits per heavy atom. The van der Waals surface area contributed by atoms with Gasteiger partial charge in [0.25, 0.3) is 5.24 Å². The van der Waals surface area contributed by atoms with Gasteiger partial charge in [0.05, 0.1) is 5.69 Å². The second kappa shape index (κ2) is 6.38. The zero-order valence-electron chi connectivity index (χ0n) is 11.4. The first kappa shape index (κ1) is 14.3. The Balaban J connectivity index is 2.23. The molecular weight excluding hydrogens is 276 g/mol. The average molecular weight is 292 g/mol. The summed E-state index contributed by atoms with van der Waals surface area (Å²) in [6.45, 7) is 5.18. The molecule has 0 saturated carbocycles. The predicted molar refractivity (Wildman–Crippen MR) is 77.7 cm³/mol. The fraction of sp³-hybridized carbons (Fsp3) is 0.333. The normalized spacial score (nSPS) is 10.5. The molecule has 106 valence electrons. The number of aromatic nitrogens is 4. The molecule has 1 amide bonds. The van der Waals surface area contributed by atoms with Gasteiger partial charge in [-0.25, -0.2) is 0 Å². The number of hydrogen-bond acceptors (Lipinski definition) is 6. The molecule has 0 aliphatic rings. The van der Waals surface area contributed by atoms with E-state index in [0.29, 0.717) is 23.9 Å². The van der Waals surface area contributed by atoms with Crippen LogP contribution in [0.4, 0.5) is 10.5 Å². The highest BCUT2D eigenvalue weighted by Crippen LogP contribution is 2.22. The number of anilines is 1. The van der Waals surface area contributed by atoms with Gasteiger partial charge in [-0.2, -0.15) is 4.68 Å². The van der Waals surface area contributed by atoms with Gasteiger partial charge in [0.2, 0.25) is 5.16 Å². The SMILES string of the molecule is CCN(CC)C(=O)Sc1nnnn1-c1cccc(N)c1. The summed E-state index contributed by atoms with van der Waals surface area (Å²) in [6.07, 6.45) is 0. The third-order valence-electron chi connectivity index (χ3n) is 2.76.